The van der Waals surface area contributed by atoms with E-state index in [1.54, 1.807) is 24.2 Å². The summed E-state index contributed by atoms with van der Waals surface area (Å²) in [5.74, 6) is 0.277. The molecular weight excluding hydrogens is 307 g/mol. The van der Waals surface area contributed by atoms with Gasteiger partial charge in [-0.25, -0.2) is 8.96 Å². The summed E-state index contributed by atoms with van der Waals surface area (Å²) < 4.78 is 19.9. The highest BCUT2D eigenvalue weighted by Gasteiger charge is 2.14. The Hall–Kier alpha value is -3.08. The van der Waals surface area contributed by atoms with Crippen molar-refractivity contribution in [1.29, 1.82) is 0 Å². The van der Waals surface area contributed by atoms with Crippen molar-refractivity contribution in [1.82, 2.24) is 4.98 Å². The van der Waals surface area contributed by atoms with Gasteiger partial charge < -0.3 is 4.74 Å². The summed E-state index contributed by atoms with van der Waals surface area (Å²) in [4.78, 5) is 16.6. The van der Waals surface area contributed by atoms with Crippen LogP contribution in [0.15, 0.2) is 67.1 Å². The lowest BCUT2D eigenvalue weighted by Gasteiger charge is -2.05. The Labute approximate surface area is 139 Å². The first-order chi connectivity index (χ1) is 11.7. The number of hydrogen-bond donors (Lipinski definition) is 0. The first-order valence-corrected chi connectivity index (χ1v) is 7.44. The molecule has 0 fully saturated rings. The van der Waals surface area contributed by atoms with Crippen molar-refractivity contribution in [2.24, 2.45) is 0 Å². The molecule has 4 nitrogen and oxygen atoms in total. The zero-order chi connectivity index (χ0) is 16.9. The van der Waals surface area contributed by atoms with Crippen LogP contribution in [0.25, 0.3) is 11.3 Å². The highest BCUT2D eigenvalue weighted by atomic mass is 19.1. The van der Waals surface area contributed by atoms with Crippen LogP contribution < -0.4 is 9.30 Å². The van der Waals surface area contributed by atoms with Crippen molar-refractivity contribution in [3.63, 3.8) is 0 Å². The van der Waals surface area contributed by atoms with Crippen molar-refractivity contribution in [3.05, 3.63) is 78.5 Å². The van der Waals surface area contributed by atoms with Gasteiger partial charge in [-0.3, -0.25) is 4.79 Å². The van der Waals surface area contributed by atoms with Crippen LogP contribution in [0.1, 0.15) is 10.4 Å². The number of ether oxygens (including phenoxy) is 1. The van der Waals surface area contributed by atoms with Gasteiger partial charge >= 0.3 is 0 Å². The number of ketones is 1. The van der Waals surface area contributed by atoms with Crippen LogP contribution in [-0.4, -0.2) is 17.9 Å². The third-order valence-corrected chi connectivity index (χ3v) is 3.64. The summed E-state index contributed by atoms with van der Waals surface area (Å²) in [5, 5.41) is 0. The molecule has 0 aliphatic heterocycles. The van der Waals surface area contributed by atoms with Crippen molar-refractivity contribution in [3.8, 4) is 17.0 Å². The van der Waals surface area contributed by atoms with Crippen LogP contribution in [0.5, 0.6) is 5.75 Å². The fourth-order valence-electron chi connectivity index (χ4n) is 2.39. The predicted octanol–water partition coefficient (Wildman–Crippen LogP) is 3.07. The number of carbonyl (C=O) groups is 1. The summed E-state index contributed by atoms with van der Waals surface area (Å²) in [7, 11) is 1.61. The number of methoxy groups -OCH3 is 1. The molecule has 120 valence electrons. The molecule has 0 N–H and O–H groups in total. The van der Waals surface area contributed by atoms with Crippen LogP contribution in [0.4, 0.5) is 4.39 Å². The fourth-order valence-corrected chi connectivity index (χ4v) is 2.39. The number of Topliss-reactive ketones (excluding diaryl/α,β-unsaturated/α-hetero) is 1. The zero-order valence-corrected chi connectivity index (χ0v) is 13.1. The van der Waals surface area contributed by atoms with E-state index >= 15 is 0 Å². The highest BCUT2D eigenvalue weighted by molar-refractivity contribution is 5.94. The summed E-state index contributed by atoms with van der Waals surface area (Å²) >= 11 is 0. The van der Waals surface area contributed by atoms with E-state index in [0.29, 0.717) is 5.56 Å². The molecule has 0 atom stereocenters. The molecule has 24 heavy (non-hydrogen) atoms. The molecule has 0 radical (unpaired) electrons. The summed E-state index contributed by atoms with van der Waals surface area (Å²) in [5.41, 5.74) is 2.12. The van der Waals surface area contributed by atoms with Gasteiger partial charge in [-0.15, -0.1) is 0 Å². The molecule has 0 bridgehead atoms. The number of halogens is 1. The number of nitrogens with zero attached hydrogens (tertiary/aromatic N) is 2. The monoisotopic (exact) mass is 323 g/mol. The van der Waals surface area contributed by atoms with Crippen LogP contribution >= 0.6 is 0 Å². The summed E-state index contributed by atoms with van der Waals surface area (Å²) in [6.45, 7) is 0.144. The van der Waals surface area contributed by atoms with E-state index in [9.17, 15) is 9.18 Å². The van der Waals surface area contributed by atoms with Gasteiger partial charge in [-0.05, 0) is 41.4 Å². The average molecular weight is 323 g/mol. The molecule has 5 heteroatoms. The molecule has 0 amide bonds. The minimum atomic E-state index is -0.359. The van der Waals surface area contributed by atoms with E-state index in [1.165, 1.54) is 24.3 Å². The SMILES string of the molecule is COc1ccccc1-c1cc[n+](CC(=O)c2ccc(F)cc2)cn1. The number of aromatic nitrogens is 2. The fraction of sp³-hybridized carbons (Fsp3) is 0.105. The van der Waals surface area contributed by atoms with Gasteiger partial charge in [0.1, 0.15) is 11.6 Å². The van der Waals surface area contributed by atoms with E-state index in [1.807, 2.05) is 30.3 Å². The average Bonchev–Trinajstić information content (AvgIpc) is 2.63. The van der Waals surface area contributed by atoms with Gasteiger partial charge in [0.15, 0.2) is 12.2 Å². The maximum atomic E-state index is 12.9. The Morgan fingerprint density at radius 3 is 2.54 bits per heavy atom. The number of para-hydroxylation sites is 1. The Kier molecular flexibility index (Phi) is 4.61. The number of carbonyl (C=O) groups excluding carboxylic acids is 1. The van der Waals surface area contributed by atoms with Crippen LogP contribution in [0, 0.1) is 5.82 Å². The number of rotatable bonds is 5. The van der Waals surface area contributed by atoms with Gasteiger partial charge in [0.25, 0.3) is 6.33 Å². The molecular formula is C19H16FN2O2+. The minimum absolute atomic E-state index is 0.105. The third-order valence-electron chi connectivity index (χ3n) is 3.64. The van der Waals surface area contributed by atoms with Crippen molar-refractivity contribution in [2.45, 2.75) is 6.54 Å². The molecule has 3 rings (SSSR count). The number of benzene rings is 2. The third kappa shape index (κ3) is 3.46. The van der Waals surface area contributed by atoms with E-state index in [2.05, 4.69) is 4.98 Å². The van der Waals surface area contributed by atoms with E-state index < -0.39 is 0 Å². The molecule has 0 aliphatic carbocycles. The van der Waals surface area contributed by atoms with Crippen molar-refractivity contribution < 1.29 is 18.5 Å². The van der Waals surface area contributed by atoms with Gasteiger partial charge in [0.05, 0.1) is 18.9 Å². The second-order valence-corrected chi connectivity index (χ2v) is 5.25. The van der Waals surface area contributed by atoms with Gasteiger partial charge in [-0.2, -0.15) is 0 Å². The molecule has 0 spiro atoms. The largest absolute Gasteiger partial charge is 0.496 e. The lowest BCUT2D eigenvalue weighted by Crippen LogP contribution is -2.37. The maximum absolute atomic E-state index is 12.9. The lowest BCUT2D eigenvalue weighted by molar-refractivity contribution is -0.686. The topological polar surface area (TPSA) is 43.1 Å². The zero-order valence-electron chi connectivity index (χ0n) is 13.1. The molecule has 0 aliphatic rings. The van der Waals surface area contributed by atoms with Crippen LogP contribution in [-0.2, 0) is 6.54 Å². The quantitative estimate of drug-likeness (QED) is 0.535. The first kappa shape index (κ1) is 15.8. The molecule has 3 aromatic rings. The Morgan fingerprint density at radius 1 is 1.12 bits per heavy atom. The van der Waals surface area contributed by atoms with Crippen LogP contribution in [0.3, 0.4) is 0 Å². The summed E-state index contributed by atoms with van der Waals surface area (Å²) in [6.07, 6.45) is 3.39. The van der Waals surface area contributed by atoms with Crippen molar-refractivity contribution >= 4 is 5.78 Å². The van der Waals surface area contributed by atoms with Crippen molar-refractivity contribution in [2.75, 3.05) is 7.11 Å². The van der Waals surface area contributed by atoms with Gasteiger partial charge in [0, 0.05) is 11.6 Å². The molecule has 0 saturated carbocycles. The van der Waals surface area contributed by atoms with Gasteiger partial charge in [0.2, 0.25) is 5.78 Å². The minimum Gasteiger partial charge on any atom is -0.496 e. The number of hydrogen-bond acceptors (Lipinski definition) is 3. The van der Waals surface area contributed by atoms with Gasteiger partial charge in [-0.1, -0.05) is 12.1 Å². The maximum Gasteiger partial charge on any atom is 0.287 e. The lowest BCUT2D eigenvalue weighted by atomic mass is 10.1. The first-order valence-electron chi connectivity index (χ1n) is 7.44. The highest BCUT2D eigenvalue weighted by Crippen LogP contribution is 2.26. The smallest absolute Gasteiger partial charge is 0.287 e. The Bertz CT molecular complexity index is 846. The Balaban J connectivity index is 1.77. The van der Waals surface area contributed by atoms with E-state index in [-0.39, 0.29) is 18.1 Å². The molecule has 1 aromatic heterocycles. The Morgan fingerprint density at radius 2 is 1.88 bits per heavy atom. The normalized spacial score (nSPS) is 10.4. The molecule has 2 aromatic carbocycles. The predicted molar refractivity (Wildman–Crippen MR) is 87.2 cm³/mol. The standard InChI is InChI=1S/C19H16FN2O2/c1-24-19-5-3-2-4-16(19)17-10-11-22(13-21-17)12-18(23)14-6-8-15(20)9-7-14/h2-11,13H,12H2,1H3/q+1. The second-order valence-electron chi connectivity index (χ2n) is 5.25. The molecule has 1 heterocycles. The molecule has 0 saturated heterocycles. The second kappa shape index (κ2) is 7.00. The summed E-state index contributed by atoms with van der Waals surface area (Å²) in [6, 6.07) is 15.0. The van der Waals surface area contributed by atoms with Crippen LogP contribution in [0.2, 0.25) is 0 Å². The van der Waals surface area contributed by atoms with E-state index in [4.69, 9.17) is 4.74 Å². The van der Waals surface area contributed by atoms with E-state index in [0.717, 1.165) is 17.0 Å². The molecule has 0 unspecified atom stereocenters.